The molecule has 0 aromatic heterocycles. The third-order valence-corrected chi connectivity index (χ3v) is 3.84. The van der Waals surface area contributed by atoms with Crippen LogP contribution in [0.1, 0.15) is 48.2 Å². The van der Waals surface area contributed by atoms with E-state index in [0.29, 0.717) is 5.56 Å². The zero-order chi connectivity index (χ0) is 15.6. The number of hydrogen-bond acceptors (Lipinski definition) is 2. The van der Waals surface area contributed by atoms with Gasteiger partial charge in [0.25, 0.3) is 0 Å². The summed E-state index contributed by atoms with van der Waals surface area (Å²) in [6.07, 6.45) is 0. The van der Waals surface area contributed by atoms with Gasteiger partial charge >= 0.3 is 0 Å². The second kappa shape index (κ2) is 6.27. The van der Waals surface area contributed by atoms with E-state index in [9.17, 15) is 9.50 Å². The first-order valence-electron chi connectivity index (χ1n) is 7.20. The Balaban J connectivity index is 2.16. The molecule has 0 aliphatic heterocycles. The van der Waals surface area contributed by atoms with Gasteiger partial charge in [-0.1, -0.05) is 29.8 Å². The van der Waals surface area contributed by atoms with Crippen LogP contribution in [0.15, 0.2) is 36.4 Å². The minimum absolute atomic E-state index is 0.0501. The second-order valence-electron chi connectivity index (χ2n) is 5.68. The van der Waals surface area contributed by atoms with Crippen LogP contribution in [0.3, 0.4) is 0 Å². The number of nitrogens with one attached hydrogen (secondary N) is 1. The summed E-state index contributed by atoms with van der Waals surface area (Å²) in [5.41, 5.74) is 4.24. The van der Waals surface area contributed by atoms with E-state index >= 15 is 0 Å². The van der Waals surface area contributed by atoms with Crippen LogP contribution in [0.4, 0.5) is 4.39 Å². The Hall–Kier alpha value is -1.87. The van der Waals surface area contributed by atoms with Gasteiger partial charge in [0.1, 0.15) is 11.6 Å². The molecule has 2 atom stereocenters. The quantitative estimate of drug-likeness (QED) is 0.864. The zero-order valence-corrected chi connectivity index (χ0v) is 12.9. The van der Waals surface area contributed by atoms with E-state index in [1.807, 2.05) is 6.92 Å². The average Bonchev–Trinajstić information content (AvgIpc) is 2.37. The Morgan fingerprint density at radius 2 is 1.57 bits per heavy atom. The molecular weight excluding hydrogens is 265 g/mol. The molecule has 0 aliphatic carbocycles. The summed E-state index contributed by atoms with van der Waals surface area (Å²) < 4.78 is 13.9. The fraction of sp³-hybridized carbons (Fsp3) is 0.333. The van der Waals surface area contributed by atoms with Gasteiger partial charge < -0.3 is 10.4 Å². The number of halogens is 1. The molecule has 0 radical (unpaired) electrons. The number of rotatable bonds is 4. The van der Waals surface area contributed by atoms with Gasteiger partial charge in [-0.05, 0) is 44.9 Å². The highest BCUT2D eigenvalue weighted by Crippen LogP contribution is 2.25. The predicted molar refractivity (Wildman–Crippen MR) is 83.9 cm³/mol. The molecule has 2 aromatic carbocycles. The van der Waals surface area contributed by atoms with Crippen molar-refractivity contribution in [2.75, 3.05) is 0 Å². The van der Waals surface area contributed by atoms with Gasteiger partial charge in [-0.2, -0.15) is 0 Å². The Bertz CT molecular complexity index is 584. The average molecular weight is 287 g/mol. The number of benzene rings is 2. The summed E-state index contributed by atoms with van der Waals surface area (Å²) in [7, 11) is 0. The molecular formula is C18H22FNO. The molecule has 0 amide bonds. The van der Waals surface area contributed by atoms with Crippen molar-refractivity contribution in [3.8, 4) is 5.75 Å². The van der Waals surface area contributed by atoms with Gasteiger partial charge in [0, 0.05) is 23.7 Å². The maximum atomic E-state index is 13.9. The van der Waals surface area contributed by atoms with Gasteiger partial charge in [-0.25, -0.2) is 4.39 Å². The van der Waals surface area contributed by atoms with E-state index in [1.165, 1.54) is 22.8 Å². The van der Waals surface area contributed by atoms with Gasteiger partial charge in [0.15, 0.2) is 0 Å². The Morgan fingerprint density at radius 1 is 0.952 bits per heavy atom. The molecule has 3 heteroatoms. The standard InChI is InChI=1S/C18H22FNO/c1-11-5-7-16(12(2)9-11)13(3)20-14(4)17-8-6-15(21)10-18(17)19/h5-10,13-14,20-21H,1-4H3. The zero-order valence-electron chi connectivity index (χ0n) is 12.9. The first-order valence-corrected chi connectivity index (χ1v) is 7.20. The van der Waals surface area contributed by atoms with Crippen LogP contribution in [0.5, 0.6) is 5.75 Å². The molecule has 2 nitrogen and oxygen atoms in total. The normalized spacial score (nSPS) is 14.0. The van der Waals surface area contributed by atoms with Crippen molar-refractivity contribution in [2.24, 2.45) is 0 Å². The molecule has 2 N–H and O–H groups in total. The topological polar surface area (TPSA) is 32.3 Å². The van der Waals surface area contributed by atoms with Crippen LogP contribution < -0.4 is 5.32 Å². The first kappa shape index (κ1) is 15.5. The number of hydrogen-bond donors (Lipinski definition) is 2. The summed E-state index contributed by atoms with van der Waals surface area (Å²) in [4.78, 5) is 0. The number of phenols is 1. The summed E-state index contributed by atoms with van der Waals surface area (Å²) in [6.45, 7) is 8.16. The molecule has 0 bridgehead atoms. The minimum Gasteiger partial charge on any atom is -0.508 e. The molecule has 0 heterocycles. The van der Waals surface area contributed by atoms with Crippen molar-refractivity contribution >= 4 is 0 Å². The smallest absolute Gasteiger partial charge is 0.131 e. The number of aryl methyl sites for hydroxylation is 2. The molecule has 0 aliphatic rings. The van der Waals surface area contributed by atoms with Crippen molar-refractivity contribution < 1.29 is 9.50 Å². The lowest BCUT2D eigenvalue weighted by molar-refractivity contribution is 0.454. The van der Waals surface area contributed by atoms with E-state index in [0.717, 1.165) is 6.07 Å². The third-order valence-electron chi connectivity index (χ3n) is 3.84. The molecule has 2 unspecified atom stereocenters. The van der Waals surface area contributed by atoms with E-state index < -0.39 is 0 Å². The molecule has 2 rings (SSSR count). The van der Waals surface area contributed by atoms with Crippen LogP contribution in [0, 0.1) is 19.7 Å². The van der Waals surface area contributed by atoms with Crippen molar-refractivity contribution in [1.29, 1.82) is 0 Å². The second-order valence-corrected chi connectivity index (χ2v) is 5.68. The summed E-state index contributed by atoms with van der Waals surface area (Å²) in [5, 5.41) is 12.7. The van der Waals surface area contributed by atoms with Crippen LogP contribution in [-0.2, 0) is 0 Å². The fourth-order valence-corrected chi connectivity index (χ4v) is 2.73. The first-order chi connectivity index (χ1) is 9.88. The fourth-order valence-electron chi connectivity index (χ4n) is 2.73. The molecule has 2 aromatic rings. The monoisotopic (exact) mass is 287 g/mol. The van der Waals surface area contributed by atoms with Crippen molar-refractivity contribution in [2.45, 2.75) is 39.8 Å². The van der Waals surface area contributed by atoms with E-state index in [2.05, 4.69) is 44.3 Å². The van der Waals surface area contributed by atoms with Gasteiger partial charge in [-0.15, -0.1) is 0 Å². The highest BCUT2D eigenvalue weighted by Gasteiger charge is 2.16. The highest BCUT2D eigenvalue weighted by molar-refractivity contribution is 5.33. The van der Waals surface area contributed by atoms with E-state index in [1.54, 1.807) is 6.07 Å². The molecule has 112 valence electrons. The van der Waals surface area contributed by atoms with Crippen LogP contribution in [-0.4, -0.2) is 5.11 Å². The van der Waals surface area contributed by atoms with E-state index in [4.69, 9.17) is 0 Å². The van der Waals surface area contributed by atoms with Crippen LogP contribution in [0.25, 0.3) is 0 Å². The molecule has 0 saturated carbocycles. The SMILES string of the molecule is Cc1ccc(C(C)NC(C)c2ccc(O)cc2F)c(C)c1. The number of phenolic OH excluding ortho intramolecular Hbond substituents is 1. The largest absolute Gasteiger partial charge is 0.508 e. The Morgan fingerprint density at radius 3 is 2.19 bits per heavy atom. The maximum absolute atomic E-state index is 13.9. The van der Waals surface area contributed by atoms with Crippen molar-refractivity contribution in [3.63, 3.8) is 0 Å². The van der Waals surface area contributed by atoms with Crippen molar-refractivity contribution in [3.05, 3.63) is 64.5 Å². The van der Waals surface area contributed by atoms with E-state index in [-0.39, 0.29) is 23.7 Å². The highest BCUT2D eigenvalue weighted by atomic mass is 19.1. The Kier molecular flexibility index (Phi) is 4.63. The van der Waals surface area contributed by atoms with Crippen LogP contribution in [0.2, 0.25) is 0 Å². The lowest BCUT2D eigenvalue weighted by Crippen LogP contribution is -2.23. The van der Waals surface area contributed by atoms with Crippen molar-refractivity contribution in [1.82, 2.24) is 5.32 Å². The summed E-state index contributed by atoms with van der Waals surface area (Å²) in [5.74, 6) is -0.436. The van der Waals surface area contributed by atoms with Gasteiger partial charge in [0.2, 0.25) is 0 Å². The molecule has 0 spiro atoms. The lowest BCUT2D eigenvalue weighted by atomic mass is 9.98. The van der Waals surface area contributed by atoms with Crippen LogP contribution >= 0.6 is 0 Å². The molecule has 0 fully saturated rings. The van der Waals surface area contributed by atoms with Gasteiger partial charge in [0.05, 0.1) is 0 Å². The predicted octanol–water partition coefficient (Wildman–Crippen LogP) is 4.56. The molecule has 21 heavy (non-hydrogen) atoms. The minimum atomic E-state index is -0.386. The number of aromatic hydroxyl groups is 1. The molecule has 0 saturated heterocycles. The van der Waals surface area contributed by atoms with Gasteiger partial charge in [-0.3, -0.25) is 0 Å². The summed E-state index contributed by atoms with van der Waals surface area (Å²) in [6, 6.07) is 10.6. The maximum Gasteiger partial charge on any atom is 0.131 e. The lowest BCUT2D eigenvalue weighted by Gasteiger charge is -2.22. The summed E-state index contributed by atoms with van der Waals surface area (Å²) >= 11 is 0. The third kappa shape index (κ3) is 3.61. The Labute approximate surface area is 125 Å².